The van der Waals surface area contributed by atoms with Gasteiger partial charge in [0.15, 0.2) is 5.92 Å². The first-order chi connectivity index (χ1) is 12.4. The molecule has 134 valence electrons. The van der Waals surface area contributed by atoms with E-state index in [0.29, 0.717) is 22.4 Å². The molecule has 2 aliphatic heterocycles. The zero-order valence-electron chi connectivity index (χ0n) is 14.6. The van der Waals surface area contributed by atoms with Gasteiger partial charge in [0.1, 0.15) is 5.04 Å². The maximum Gasteiger partial charge on any atom is 0.445 e. The Kier molecular flexibility index (Phi) is 4.99. The van der Waals surface area contributed by atoms with E-state index < -0.39 is 17.9 Å². The first-order valence-corrected chi connectivity index (χ1v) is 8.90. The molecular formula is C17H18N5O3S+. The Morgan fingerprint density at radius 3 is 2.65 bits per heavy atom. The molecule has 1 atom stereocenters. The Bertz CT molecular complexity index is 876. The third-order valence-electron chi connectivity index (χ3n) is 3.96. The highest BCUT2D eigenvalue weighted by Gasteiger charge is 2.48. The number of para-hydroxylation sites is 1. The minimum atomic E-state index is -0.763. The molecule has 3 rings (SSSR count). The van der Waals surface area contributed by atoms with Gasteiger partial charge in [-0.2, -0.15) is 9.48 Å². The zero-order valence-corrected chi connectivity index (χ0v) is 15.4. The van der Waals surface area contributed by atoms with Gasteiger partial charge in [-0.3, -0.25) is 9.59 Å². The van der Waals surface area contributed by atoms with Gasteiger partial charge in [0.2, 0.25) is 11.7 Å². The number of amidine groups is 2. The number of thioether (sulfide) groups is 1. The van der Waals surface area contributed by atoms with Crippen molar-refractivity contribution >= 4 is 52.0 Å². The number of nitrogens with zero attached hydrogens (tertiary/aromatic N) is 4. The maximum atomic E-state index is 12.6. The summed E-state index contributed by atoms with van der Waals surface area (Å²) in [6, 6.07) is 8.68. The number of rotatable bonds is 3. The highest BCUT2D eigenvalue weighted by atomic mass is 32.2. The number of hydrogen-bond donors (Lipinski definition) is 1. The molecule has 2 aliphatic rings. The zero-order chi connectivity index (χ0) is 18.8. The number of fused-ring (bicyclic) bond motifs is 1. The molecule has 2 heterocycles. The number of hydrogen-bond acceptors (Lipinski definition) is 6. The Hall–Kier alpha value is -2.81. The molecule has 0 aromatic heterocycles. The van der Waals surface area contributed by atoms with E-state index in [1.54, 1.807) is 26.1 Å². The molecule has 0 saturated heterocycles. The summed E-state index contributed by atoms with van der Waals surface area (Å²) in [5.74, 6) is -0.475. The molecule has 0 fully saturated rings. The van der Waals surface area contributed by atoms with E-state index in [-0.39, 0.29) is 11.7 Å². The van der Waals surface area contributed by atoms with E-state index in [4.69, 9.17) is 0 Å². The second-order valence-electron chi connectivity index (χ2n) is 5.84. The Balaban J connectivity index is 1.77. The molecule has 0 aliphatic carbocycles. The summed E-state index contributed by atoms with van der Waals surface area (Å²) in [5.41, 5.74) is 0.701. The molecule has 1 N–H and O–H groups in total. The number of nitrogens with one attached hydrogen (secondary N) is 1. The normalized spacial score (nSPS) is 19.8. The molecule has 8 nitrogen and oxygen atoms in total. The van der Waals surface area contributed by atoms with Crippen molar-refractivity contribution in [1.29, 1.82) is 0 Å². The van der Waals surface area contributed by atoms with Crippen LogP contribution in [0.4, 0.5) is 10.5 Å². The number of anilines is 1. The van der Waals surface area contributed by atoms with Crippen LogP contribution in [0.25, 0.3) is 0 Å². The van der Waals surface area contributed by atoms with Gasteiger partial charge in [0.25, 0.3) is 5.84 Å². The number of urea groups is 1. The molecule has 26 heavy (non-hydrogen) atoms. The van der Waals surface area contributed by atoms with E-state index >= 15 is 0 Å². The van der Waals surface area contributed by atoms with Crippen LogP contribution in [0.5, 0.6) is 0 Å². The van der Waals surface area contributed by atoms with Gasteiger partial charge in [-0.1, -0.05) is 35.0 Å². The summed E-state index contributed by atoms with van der Waals surface area (Å²) in [6.07, 6.45) is 0. The molecule has 1 aromatic carbocycles. The van der Waals surface area contributed by atoms with Crippen molar-refractivity contribution in [3.05, 3.63) is 30.3 Å². The lowest BCUT2D eigenvalue weighted by Gasteiger charge is -2.26. The van der Waals surface area contributed by atoms with Gasteiger partial charge in [0, 0.05) is 12.6 Å². The third-order valence-corrected chi connectivity index (χ3v) is 4.99. The average molecular weight is 372 g/mol. The number of aliphatic imine (C=N–C) groups is 2. The number of amides is 4. The fraction of sp³-hybridized carbons (Fsp3) is 0.294. The van der Waals surface area contributed by atoms with Gasteiger partial charge in [-0.15, -0.1) is 0 Å². The third kappa shape index (κ3) is 3.43. The van der Waals surface area contributed by atoms with Crippen LogP contribution in [-0.4, -0.2) is 63.9 Å². The van der Waals surface area contributed by atoms with Gasteiger partial charge >= 0.3 is 11.9 Å². The van der Waals surface area contributed by atoms with Crippen LogP contribution in [0.2, 0.25) is 0 Å². The van der Waals surface area contributed by atoms with Crippen LogP contribution in [0, 0.1) is 5.92 Å². The van der Waals surface area contributed by atoms with E-state index in [1.165, 1.54) is 23.4 Å². The van der Waals surface area contributed by atoms with E-state index in [9.17, 15) is 14.4 Å². The Morgan fingerprint density at radius 1 is 1.27 bits per heavy atom. The topological polar surface area (TPSA) is 94.2 Å². The monoisotopic (exact) mass is 372 g/mol. The quantitative estimate of drug-likeness (QED) is 0.813. The highest BCUT2D eigenvalue weighted by Crippen LogP contribution is 2.25. The molecule has 4 amide bonds. The molecule has 1 unspecified atom stereocenters. The van der Waals surface area contributed by atoms with E-state index in [2.05, 4.69) is 15.3 Å². The minimum absolute atomic E-state index is 0.0967. The summed E-state index contributed by atoms with van der Waals surface area (Å²) in [6.45, 7) is 1.69. The largest absolute Gasteiger partial charge is 0.445 e. The lowest BCUT2D eigenvalue weighted by Crippen LogP contribution is -2.54. The maximum absolute atomic E-state index is 12.6. The van der Waals surface area contributed by atoms with E-state index in [0.717, 1.165) is 4.90 Å². The lowest BCUT2D eigenvalue weighted by atomic mass is 10.1. The predicted molar refractivity (Wildman–Crippen MR) is 101 cm³/mol. The van der Waals surface area contributed by atoms with Gasteiger partial charge < -0.3 is 5.32 Å². The molecule has 0 spiro atoms. The highest BCUT2D eigenvalue weighted by molar-refractivity contribution is 8.14. The molecule has 0 bridgehead atoms. The molecule has 0 saturated carbocycles. The Morgan fingerprint density at radius 2 is 1.96 bits per heavy atom. The summed E-state index contributed by atoms with van der Waals surface area (Å²) < 4.78 is 1.34. The summed E-state index contributed by atoms with van der Waals surface area (Å²) in [4.78, 5) is 46.5. The number of carbonyl (C=O) groups is 3. The number of benzene rings is 1. The first kappa shape index (κ1) is 18.0. The fourth-order valence-corrected chi connectivity index (χ4v) is 3.58. The summed E-state index contributed by atoms with van der Waals surface area (Å²) in [5, 5.41) is 3.25. The lowest BCUT2D eigenvalue weighted by molar-refractivity contribution is -0.407. The van der Waals surface area contributed by atoms with Crippen LogP contribution in [-0.2, 0) is 9.59 Å². The Labute approximate surface area is 154 Å². The van der Waals surface area contributed by atoms with Crippen molar-refractivity contribution in [3.8, 4) is 0 Å². The molecule has 0 radical (unpaired) electrons. The van der Waals surface area contributed by atoms with Gasteiger partial charge in [0.05, 0.1) is 19.8 Å². The van der Waals surface area contributed by atoms with Crippen molar-refractivity contribution in [3.63, 3.8) is 0 Å². The second-order valence-corrected chi connectivity index (χ2v) is 6.84. The smallest absolute Gasteiger partial charge is 0.325 e. The van der Waals surface area contributed by atoms with Crippen LogP contribution >= 0.6 is 11.8 Å². The summed E-state index contributed by atoms with van der Waals surface area (Å²) in [7, 11) is 2.99. The molecular weight excluding hydrogens is 354 g/mol. The van der Waals surface area contributed by atoms with Crippen LogP contribution in [0.1, 0.15) is 6.92 Å². The predicted octanol–water partition coefficient (Wildman–Crippen LogP) is 1.44. The number of imide groups is 1. The molecule has 9 heteroatoms. The second kappa shape index (κ2) is 7.20. The van der Waals surface area contributed by atoms with Gasteiger partial charge in [-0.05, 0) is 12.1 Å². The van der Waals surface area contributed by atoms with Crippen molar-refractivity contribution in [1.82, 2.24) is 4.90 Å². The van der Waals surface area contributed by atoms with Crippen molar-refractivity contribution in [2.24, 2.45) is 15.9 Å². The van der Waals surface area contributed by atoms with Crippen molar-refractivity contribution in [2.75, 3.05) is 25.2 Å². The number of carbonyl (C=O) groups excluding carboxylic acids is 3. The first-order valence-electron chi connectivity index (χ1n) is 7.92. The van der Waals surface area contributed by atoms with Crippen LogP contribution < -0.4 is 5.32 Å². The van der Waals surface area contributed by atoms with Crippen LogP contribution in [0.3, 0.4) is 0 Å². The van der Waals surface area contributed by atoms with E-state index in [1.807, 2.05) is 18.2 Å². The fourth-order valence-electron chi connectivity index (χ4n) is 2.66. The van der Waals surface area contributed by atoms with Crippen molar-refractivity contribution < 1.29 is 19.0 Å². The SMILES string of the molecule is CC1=NC2=[N+](C)C(=O)N(C)C(=O)C2C(SCC(=O)Nc2ccccc2)=N1. The van der Waals surface area contributed by atoms with Crippen molar-refractivity contribution in [2.45, 2.75) is 6.92 Å². The minimum Gasteiger partial charge on any atom is -0.325 e. The average Bonchev–Trinajstić information content (AvgIpc) is 2.63. The standard InChI is InChI=1S/C17H17N5O3S/c1-10-18-14-13(16(24)22(3)17(25)21(14)2)15(19-10)26-9-12(23)20-11-7-5-4-6-8-11/h4-8,13H,9H2,1-3H3/p+1. The van der Waals surface area contributed by atoms with Gasteiger partial charge in [-0.25, -0.2) is 9.79 Å². The summed E-state index contributed by atoms with van der Waals surface area (Å²) >= 11 is 1.17. The molecule has 1 aromatic rings. The van der Waals surface area contributed by atoms with Crippen LogP contribution in [0.15, 0.2) is 40.3 Å².